The molecule has 0 aliphatic rings. The minimum absolute atomic E-state index is 0.100. The van der Waals surface area contributed by atoms with Crippen molar-refractivity contribution in [3.05, 3.63) is 53.6 Å². The molecule has 0 fully saturated rings. The largest absolute Gasteiger partial charge is 0.504 e. The number of nitrogens with one attached hydrogen (secondary N) is 2. The molecule has 2 aromatic carbocycles. The fourth-order valence-electron chi connectivity index (χ4n) is 1.79. The highest BCUT2D eigenvalue weighted by molar-refractivity contribution is 5.84. The molecule has 0 heterocycles. The van der Waals surface area contributed by atoms with Crippen molar-refractivity contribution >= 4 is 17.8 Å². The van der Waals surface area contributed by atoms with Crippen molar-refractivity contribution in [2.24, 2.45) is 5.10 Å². The molecule has 0 radical (unpaired) electrons. The monoisotopic (exact) mass is 299 g/mol. The Kier molecular flexibility index (Phi) is 4.98. The summed E-state index contributed by atoms with van der Waals surface area (Å²) in [6.07, 6.45) is 1.38. The number of phenolic OH excluding ortho intramolecular Hbond substituents is 2. The second-order valence-corrected chi connectivity index (χ2v) is 4.71. The Morgan fingerprint density at radius 2 is 1.95 bits per heavy atom. The first-order valence-electron chi connectivity index (χ1n) is 6.69. The van der Waals surface area contributed by atoms with E-state index in [4.69, 9.17) is 0 Å². The maximum atomic E-state index is 11.7. The van der Waals surface area contributed by atoms with Crippen LogP contribution in [-0.2, 0) is 4.79 Å². The summed E-state index contributed by atoms with van der Waals surface area (Å²) in [5.74, 6) is -0.734. The second-order valence-electron chi connectivity index (χ2n) is 4.71. The molecule has 0 atom stereocenters. The second kappa shape index (κ2) is 7.12. The smallest absolute Gasteiger partial charge is 0.259 e. The van der Waals surface area contributed by atoms with E-state index in [0.717, 1.165) is 11.3 Å². The zero-order chi connectivity index (χ0) is 15.9. The predicted octanol–water partition coefficient (Wildman–Crippen LogP) is 1.97. The van der Waals surface area contributed by atoms with Gasteiger partial charge in [0.05, 0.1) is 12.8 Å². The molecule has 0 spiro atoms. The standard InChI is InChI=1S/C16H17N3O3/c1-11-4-2-3-5-13(11)17-10-16(22)19-18-9-12-6-7-14(20)15(21)8-12/h2-9,17,20-21H,10H2,1H3,(H,19,22)/b18-9-. The molecule has 1 amide bonds. The SMILES string of the molecule is Cc1ccccc1NCC(=O)N/N=C\c1ccc(O)c(O)c1. The van der Waals surface area contributed by atoms with Crippen molar-refractivity contribution in [2.75, 3.05) is 11.9 Å². The van der Waals surface area contributed by atoms with Crippen LogP contribution in [0.2, 0.25) is 0 Å². The quantitative estimate of drug-likeness (QED) is 0.386. The number of carbonyl (C=O) groups is 1. The molecule has 2 aromatic rings. The van der Waals surface area contributed by atoms with Crippen LogP contribution in [0.4, 0.5) is 5.69 Å². The summed E-state index contributed by atoms with van der Waals surface area (Å²) in [7, 11) is 0. The minimum atomic E-state index is -0.289. The molecule has 22 heavy (non-hydrogen) atoms. The van der Waals surface area contributed by atoms with Gasteiger partial charge in [-0.05, 0) is 42.3 Å². The van der Waals surface area contributed by atoms with E-state index in [1.54, 1.807) is 6.07 Å². The van der Waals surface area contributed by atoms with Gasteiger partial charge in [0.15, 0.2) is 11.5 Å². The van der Waals surface area contributed by atoms with E-state index in [2.05, 4.69) is 15.8 Å². The third-order valence-electron chi connectivity index (χ3n) is 2.99. The van der Waals surface area contributed by atoms with Crippen LogP contribution in [0, 0.1) is 6.92 Å². The first-order chi connectivity index (χ1) is 10.6. The normalized spacial score (nSPS) is 10.6. The lowest BCUT2D eigenvalue weighted by atomic mass is 10.2. The lowest BCUT2D eigenvalue weighted by molar-refractivity contribution is -0.119. The highest BCUT2D eigenvalue weighted by Gasteiger charge is 2.02. The maximum absolute atomic E-state index is 11.7. The number of hydrogen-bond donors (Lipinski definition) is 4. The Morgan fingerprint density at radius 3 is 2.68 bits per heavy atom. The van der Waals surface area contributed by atoms with E-state index in [1.807, 2.05) is 31.2 Å². The molecule has 0 aromatic heterocycles. The molecule has 0 unspecified atom stereocenters. The number of para-hydroxylation sites is 1. The zero-order valence-corrected chi connectivity index (χ0v) is 12.1. The van der Waals surface area contributed by atoms with Gasteiger partial charge in [-0.1, -0.05) is 18.2 Å². The number of phenols is 2. The first-order valence-corrected chi connectivity index (χ1v) is 6.69. The van der Waals surface area contributed by atoms with Crippen molar-refractivity contribution in [3.63, 3.8) is 0 Å². The van der Waals surface area contributed by atoms with Gasteiger partial charge in [-0.2, -0.15) is 5.10 Å². The van der Waals surface area contributed by atoms with Crippen LogP contribution < -0.4 is 10.7 Å². The van der Waals surface area contributed by atoms with Gasteiger partial charge in [0, 0.05) is 5.69 Å². The van der Waals surface area contributed by atoms with Gasteiger partial charge in [-0.3, -0.25) is 4.79 Å². The predicted molar refractivity (Wildman–Crippen MR) is 85.2 cm³/mol. The molecule has 0 saturated heterocycles. The molecule has 0 aliphatic carbocycles. The topological polar surface area (TPSA) is 94.0 Å². The van der Waals surface area contributed by atoms with E-state index in [-0.39, 0.29) is 24.0 Å². The number of aryl methyl sites for hydroxylation is 1. The zero-order valence-electron chi connectivity index (χ0n) is 12.1. The highest BCUT2D eigenvalue weighted by Crippen LogP contribution is 2.23. The van der Waals surface area contributed by atoms with Gasteiger partial charge in [0.2, 0.25) is 0 Å². The van der Waals surface area contributed by atoms with Crippen molar-refractivity contribution in [3.8, 4) is 11.5 Å². The minimum Gasteiger partial charge on any atom is -0.504 e. The molecular weight excluding hydrogens is 282 g/mol. The maximum Gasteiger partial charge on any atom is 0.259 e. The Balaban J connectivity index is 1.83. The van der Waals surface area contributed by atoms with E-state index in [0.29, 0.717) is 5.56 Å². The molecule has 0 bridgehead atoms. The fraction of sp³-hybridized carbons (Fsp3) is 0.125. The Labute approximate surface area is 128 Å². The molecule has 6 heteroatoms. The van der Waals surface area contributed by atoms with Gasteiger partial charge < -0.3 is 15.5 Å². The average molecular weight is 299 g/mol. The van der Waals surface area contributed by atoms with Crippen LogP contribution in [0.25, 0.3) is 0 Å². The van der Waals surface area contributed by atoms with Gasteiger partial charge in [0.1, 0.15) is 0 Å². The van der Waals surface area contributed by atoms with E-state index >= 15 is 0 Å². The number of amides is 1. The van der Waals surface area contributed by atoms with Crippen LogP contribution in [-0.4, -0.2) is 28.9 Å². The number of nitrogens with zero attached hydrogens (tertiary/aromatic N) is 1. The number of hydrogen-bond acceptors (Lipinski definition) is 5. The third-order valence-corrected chi connectivity index (χ3v) is 2.99. The van der Waals surface area contributed by atoms with Crippen LogP contribution in [0.5, 0.6) is 11.5 Å². The lowest BCUT2D eigenvalue weighted by Crippen LogP contribution is -2.26. The van der Waals surface area contributed by atoms with Gasteiger partial charge in [0.25, 0.3) is 5.91 Å². The number of anilines is 1. The summed E-state index contributed by atoms with van der Waals surface area (Å²) < 4.78 is 0. The Hall–Kier alpha value is -3.02. The molecule has 114 valence electrons. The van der Waals surface area contributed by atoms with Crippen LogP contribution in [0.1, 0.15) is 11.1 Å². The summed E-state index contributed by atoms with van der Waals surface area (Å²) in [5, 5.41) is 25.3. The van der Waals surface area contributed by atoms with Crippen molar-refractivity contribution < 1.29 is 15.0 Å². The molecular formula is C16H17N3O3. The summed E-state index contributed by atoms with van der Waals surface area (Å²) in [6, 6.07) is 11.9. The summed E-state index contributed by atoms with van der Waals surface area (Å²) in [4.78, 5) is 11.7. The number of hydrazone groups is 1. The van der Waals surface area contributed by atoms with Gasteiger partial charge in [-0.15, -0.1) is 0 Å². The molecule has 0 saturated carbocycles. The lowest BCUT2D eigenvalue weighted by Gasteiger charge is -2.07. The fourth-order valence-corrected chi connectivity index (χ4v) is 1.79. The van der Waals surface area contributed by atoms with Gasteiger partial charge >= 0.3 is 0 Å². The number of carbonyl (C=O) groups excluding carboxylic acids is 1. The third kappa shape index (κ3) is 4.24. The van der Waals surface area contributed by atoms with E-state index in [1.165, 1.54) is 18.3 Å². The van der Waals surface area contributed by atoms with Crippen LogP contribution in [0.15, 0.2) is 47.6 Å². The van der Waals surface area contributed by atoms with Crippen molar-refractivity contribution in [2.45, 2.75) is 6.92 Å². The number of aromatic hydroxyl groups is 2. The number of rotatable bonds is 5. The van der Waals surface area contributed by atoms with Crippen molar-refractivity contribution in [1.29, 1.82) is 0 Å². The Morgan fingerprint density at radius 1 is 1.18 bits per heavy atom. The van der Waals surface area contributed by atoms with E-state index < -0.39 is 0 Å². The first kappa shape index (κ1) is 15.4. The molecule has 0 aliphatic heterocycles. The van der Waals surface area contributed by atoms with Crippen molar-refractivity contribution in [1.82, 2.24) is 5.43 Å². The molecule has 2 rings (SSSR count). The average Bonchev–Trinajstić information content (AvgIpc) is 2.50. The summed E-state index contributed by atoms with van der Waals surface area (Å²) >= 11 is 0. The Bertz CT molecular complexity index is 699. The summed E-state index contributed by atoms with van der Waals surface area (Å²) in [6.45, 7) is 2.05. The summed E-state index contributed by atoms with van der Waals surface area (Å²) in [5.41, 5.74) is 4.88. The molecule has 6 nitrogen and oxygen atoms in total. The highest BCUT2D eigenvalue weighted by atomic mass is 16.3. The van der Waals surface area contributed by atoms with Crippen LogP contribution >= 0.6 is 0 Å². The number of benzene rings is 2. The van der Waals surface area contributed by atoms with E-state index in [9.17, 15) is 15.0 Å². The molecule has 4 N–H and O–H groups in total. The van der Waals surface area contributed by atoms with Gasteiger partial charge in [-0.25, -0.2) is 5.43 Å². The van der Waals surface area contributed by atoms with Crippen LogP contribution in [0.3, 0.4) is 0 Å².